The Morgan fingerprint density at radius 1 is 0.917 bits per heavy atom. The molecule has 0 amide bonds. The van der Waals surface area contributed by atoms with Crippen LogP contribution in [0.25, 0.3) is 0 Å². The maximum Gasteiger partial charge on any atom is 0.339 e. The van der Waals surface area contributed by atoms with Gasteiger partial charge in [0, 0.05) is 0 Å². The summed E-state index contributed by atoms with van der Waals surface area (Å²) >= 11 is 0. The zero-order valence-corrected chi connectivity index (χ0v) is 5.84. The number of esters is 2. The Kier molecular flexibility index (Phi) is 1.36. The number of rotatable bonds is 0. The van der Waals surface area contributed by atoms with Crippen LogP contribution in [-0.2, 0) is 19.1 Å². The first-order valence-electron chi connectivity index (χ1n) is 3.38. The van der Waals surface area contributed by atoms with Gasteiger partial charge >= 0.3 is 11.9 Å². The maximum atomic E-state index is 10.7. The third-order valence-electron chi connectivity index (χ3n) is 1.93. The minimum atomic E-state index is -1.46. The van der Waals surface area contributed by atoms with Crippen LogP contribution in [0.2, 0.25) is 0 Å². The van der Waals surface area contributed by atoms with Gasteiger partial charge in [-0.2, -0.15) is 0 Å². The molecule has 0 radical (unpaired) electrons. The summed E-state index contributed by atoms with van der Waals surface area (Å²) in [6.07, 6.45) is -5.01. The van der Waals surface area contributed by atoms with Crippen molar-refractivity contribution < 1.29 is 29.3 Å². The van der Waals surface area contributed by atoms with Gasteiger partial charge in [0.2, 0.25) is 0 Å². The molecule has 12 heavy (non-hydrogen) atoms. The minimum Gasteiger partial charge on any atom is -0.453 e. The van der Waals surface area contributed by atoms with Crippen molar-refractivity contribution in [3.8, 4) is 0 Å². The molecule has 2 saturated heterocycles. The van der Waals surface area contributed by atoms with E-state index in [0.717, 1.165) is 0 Å². The maximum absolute atomic E-state index is 10.7. The van der Waals surface area contributed by atoms with Gasteiger partial charge in [0.25, 0.3) is 0 Å². The lowest BCUT2D eigenvalue weighted by molar-refractivity contribution is -0.159. The Bertz CT molecular complexity index is 222. The van der Waals surface area contributed by atoms with Crippen molar-refractivity contribution in [1.82, 2.24) is 0 Å². The van der Waals surface area contributed by atoms with Crippen LogP contribution >= 0.6 is 0 Å². The fraction of sp³-hybridized carbons (Fsp3) is 0.667. The molecular formula is C6H6O6. The van der Waals surface area contributed by atoms with Crippen LogP contribution in [0.15, 0.2) is 0 Å². The monoisotopic (exact) mass is 174 g/mol. The summed E-state index contributed by atoms with van der Waals surface area (Å²) in [5.74, 6) is -1.73. The second-order valence-corrected chi connectivity index (χ2v) is 2.69. The second-order valence-electron chi connectivity index (χ2n) is 2.69. The standard InChI is InChI=1S/C6H6O6/c7-1-3-4(12-5(1)9)2(8)6(10)11-3/h1-4,7-8H/t1-,2?,3?,4?/m1/s1. The van der Waals surface area contributed by atoms with Gasteiger partial charge in [-0.05, 0) is 0 Å². The van der Waals surface area contributed by atoms with Crippen molar-refractivity contribution >= 4 is 11.9 Å². The number of carbonyl (C=O) groups excluding carboxylic acids is 2. The first-order valence-corrected chi connectivity index (χ1v) is 3.38. The van der Waals surface area contributed by atoms with Gasteiger partial charge in [0.1, 0.15) is 0 Å². The summed E-state index contributed by atoms with van der Waals surface area (Å²) in [6, 6.07) is 0. The van der Waals surface area contributed by atoms with Crippen molar-refractivity contribution in [2.45, 2.75) is 24.4 Å². The molecular weight excluding hydrogens is 168 g/mol. The van der Waals surface area contributed by atoms with Crippen molar-refractivity contribution in [2.75, 3.05) is 0 Å². The lowest BCUT2D eigenvalue weighted by atomic mass is 10.1. The van der Waals surface area contributed by atoms with E-state index >= 15 is 0 Å². The molecule has 0 saturated carbocycles. The Balaban J connectivity index is 2.24. The SMILES string of the molecule is O=C1OC2C(OC(=O)[C@@H]2O)C1O. The average Bonchev–Trinajstić information content (AvgIpc) is 2.43. The molecule has 0 spiro atoms. The molecule has 2 fully saturated rings. The summed E-state index contributed by atoms with van der Waals surface area (Å²) < 4.78 is 8.99. The molecule has 6 nitrogen and oxygen atoms in total. The van der Waals surface area contributed by atoms with Crippen molar-refractivity contribution in [3.05, 3.63) is 0 Å². The number of carbonyl (C=O) groups is 2. The number of fused-ring (bicyclic) bond motifs is 1. The average molecular weight is 174 g/mol. The molecule has 2 rings (SSSR count). The minimum absolute atomic E-state index is 0.864. The van der Waals surface area contributed by atoms with Gasteiger partial charge in [-0.15, -0.1) is 0 Å². The number of hydrogen-bond donors (Lipinski definition) is 2. The van der Waals surface area contributed by atoms with Crippen LogP contribution in [0, 0.1) is 0 Å². The number of aliphatic hydroxyl groups is 2. The molecule has 2 aliphatic heterocycles. The Morgan fingerprint density at radius 3 is 1.58 bits per heavy atom. The van der Waals surface area contributed by atoms with E-state index in [2.05, 4.69) is 9.47 Å². The highest BCUT2D eigenvalue weighted by Gasteiger charge is 2.57. The molecule has 0 aromatic carbocycles. The van der Waals surface area contributed by atoms with Crippen LogP contribution < -0.4 is 0 Å². The van der Waals surface area contributed by atoms with E-state index in [-0.39, 0.29) is 0 Å². The third-order valence-corrected chi connectivity index (χ3v) is 1.93. The van der Waals surface area contributed by atoms with Crippen LogP contribution in [0.3, 0.4) is 0 Å². The molecule has 3 unspecified atom stereocenters. The topological polar surface area (TPSA) is 93.1 Å². The lowest BCUT2D eigenvalue weighted by Crippen LogP contribution is -2.31. The van der Waals surface area contributed by atoms with E-state index in [1.165, 1.54) is 0 Å². The largest absolute Gasteiger partial charge is 0.453 e. The molecule has 2 N–H and O–H groups in total. The third kappa shape index (κ3) is 0.759. The molecule has 0 aliphatic carbocycles. The lowest BCUT2D eigenvalue weighted by Gasteiger charge is -2.05. The van der Waals surface area contributed by atoms with Gasteiger partial charge in [-0.3, -0.25) is 0 Å². The van der Waals surface area contributed by atoms with E-state index in [0.29, 0.717) is 0 Å². The molecule has 66 valence electrons. The Hall–Kier alpha value is -1.14. The molecule has 2 aliphatic rings. The predicted octanol–water partition coefficient (Wildman–Crippen LogP) is -2.44. The molecule has 0 aromatic rings. The predicted molar refractivity (Wildman–Crippen MR) is 31.8 cm³/mol. The van der Waals surface area contributed by atoms with Crippen LogP contribution in [0.1, 0.15) is 0 Å². The summed E-state index contributed by atoms with van der Waals surface area (Å²) in [6.45, 7) is 0. The normalized spacial score (nSPS) is 45.5. The highest BCUT2D eigenvalue weighted by Crippen LogP contribution is 2.28. The van der Waals surface area contributed by atoms with Crippen molar-refractivity contribution in [3.63, 3.8) is 0 Å². The van der Waals surface area contributed by atoms with E-state index in [1.807, 2.05) is 0 Å². The van der Waals surface area contributed by atoms with Gasteiger partial charge in [-0.25, -0.2) is 9.59 Å². The summed E-state index contributed by atoms with van der Waals surface area (Å²) in [5, 5.41) is 18.1. The fourth-order valence-corrected chi connectivity index (χ4v) is 1.30. The number of hydrogen-bond acceptors (Lipinski definition) is 6. The highest BCUT2D eigenvalue weighted by molar-refractivity contribution is 5.85. The van der Waals surface area contributed by atoms with Crippen LogP contribution in [0.5, 0.6) is 0 Å². The summed E-state index contributed by atoms with van der Waals surface area (Å²) in [5.41, 5.74) is 0. The number of ether oxygens (including phenoxy) is 2. The van der Waals surface area contributed by atoms with Gasteiger partial charge in [0.05, 0.1) is 0 Å². The van der Waals surface area contributed by atoms with Gasteiger partial charge in [-0.1, -0.05) is 0 Å². The van der Waals surface area contributed by atoms with Crippen molar-refractivity contribution in [1.29, 1.82) is 0 Å². The molecule has 0 aromatic heterocycles. The molecule has 2 heterocycles. The smallest absolute Gasteiger partial charge is 0.339 e. The quantitative estimate of drug-likeness (QED) is 0.396. The number of aliphatic hydroxyl groups excluding tert-OH is 2. The van der Waals surface area contributed by atoms with E-state index in [1.54, 1.807) is 0 Å². The van der Waals surface area contributed by atoms with Crippen LogP contribution in [-0.4, -0.2) is 46.6 Å². The molecule has 0 bridgehead atoms. The summed E-state index contributed by atoms with van der Waals surface area (Å²) in [7, 11) is 0. The summed E-state index contributed by atoms with van der Waals surface area (Å²) in [4.78, 5) is 21.3. The first kappa shape index (κ1) is 7.51. The Labute approximate surface area is 66.7 Å². The molecule has 6 heteroatoms. The molecule has 4 atom stereocenters. The zero-order chi connectivity index (χ0) is 8.88. The zero-order valence-electron chi connectivity index (χ0n) is 5.84. The van der Waals surface area contributed by atoms with E-state index < -0.39 is 36.4 Å². The van der Waals surface area contributed by atoms with E-state index in [4.69, 9.17) is 10.2 Å². The van der Waals surface area contributed by atoms with Crippen LogP contribution in [0.4, 0.5) is 0 Å². The van der Waals surface area contributed by atoms with E-state index in [9.17, 15) is 9.59 Å². The first-order chi connectivity index (χ1) is 5.61. The van der Waals surface area contributed by atoms with Gasteiger partial charge in [0.15, 0.2) is 24.4 Å². The fourth-order valence-electron chi connectivity index (χ4n) is 1.30. The van der Waals surface area contributed by atoms with Gasteiger partial charge < -0.3 is 19.7 Å². The van der Waals surface area contributed by atoms with Crippen molar-refractivity contribution in [2.24, 2.45) is 0 Å². The second kappa shape index (κ2) is 2.18. The highest BCUT2D eigenvalue weighted by atomic mass is 16.7. The Morgan fingerprint density at radius 2 is 1.25 bits per heavy atom.